The molecule has 0 spiro atoms. The highest BCUT2D eigenvalue weighted by Gasteiger charge is 2.02. The van der Waals surface area contributed by atoms with Crippen LogP contribution in [0.15, 0.2) is 59.3 Å². The first-order valence-electron chi connectivity index (χ1n) is 7.42. The van der Waals surface area contributed by atoms with E-state index in [0.717, 1.165) is 23.0 Å². The van der Waals surface area contributed by atoms with E-state index in [0.29, 0.717) is 19.1 Å². The average Bonchev–Trinajstić information content (AvgIpc) is 3.09. The molecule has 1 aromatic carbocycles. The van der Waals surface area contributed by atoms with Crippen molar-refractivity contribution in [1.29, 1.82) is 0 Å². The second-order valence-electron chi connectivity index (χ2n) is 4.78. The molecular weight excluding hydrogens is 292 g/mol. The molecule has 0 aliphatic carbocycles. The Morgan fingerprint density at radius 3 is 2.74 bits per heavy atom. The minimum Gasteiger partial charge on any atom is -0.494 e. The largest absolute Gasteiger partial charge is 0.494 e. The smallest absolute Gasteiger partial charge is 0.229 e. The number of ether oxygens (including phenoxy) is 1. The summed E-state index contributed by atoms with van der Waals surface area (Å²) in [7, 11) is 0. The molecule has 0 aliphatic heterocycles. The number of hydrogen-bond donors (Lipinski definition) is 2. The topological polar surface area (TPSA) is 72.2 Å². The Balaban J connectivity index is 1.62. The van der Waals surface area contributed by atoms with Crippen molar-refractivity contribution < 1.29 is 9.15 Å². The molecule has 2 heterocycles. The SMILES string of the molecule is CCOc1ccc(Nc2nccc(NCc3ccco3)n2)cc1. The second kappa shape index (κ2) is 7.31. The van der Waals surface area contributed by atoms with Gasteiger partial charge in [0.25, 0.3) is 0 Å². The molecule has 3 rings (SSSR count). The maximum atomic E-state index is 5.42. The molecule has 6 heteroatoms. The molecule has 0 fully saturated rings. The molecule has 2 aromatic heterocycles. The summed E-state index contributed by atoms with van der Waals surface area (Å²) >= 11 is 0. The van der Waals surface area contributed by atoms with E-state index in [9.17, 15) is 0 Å². The van der Waals surface area contributed by atoms with Crippen LogP contribution in [0, 0.1) is 0 Å². The third-order valence-corrected chi connectivity index (χ3v) is 3.10. The van der Waals surface area contributed by atoms with Crippen molar-refractivity contribution >= 4 is 17.5 Å². The standard InChI is InChI=1S/C17H18N4O2/c1-2-22-14-7-5-13(6-8-14)20-17-18-10-9-16(21-17)19-12-15-4-3-11-23-15/h3-11H,2,12H2,1H3,(H2,18,19,20,21). The van der Waals surface area contributed by atoms with Crippen LogP contribution in [-0.2, 0) is 6.54 Å². The van der Waals surface area contributed by atoms with E-state index in [2.05, 4.69) is 20.6 Å². The molecule has 118 valence electrons. The summed E-state index contributed by atoms with van der Waals surface area (Å²) in [5, 5.41) is 6.36. The van der Waals surface area contributed by atoms with Crippen molar-refractivity contribution in [3.8, 4) is 5.75 Å². The number of nitrogens with one attached hydrogen (secondary N) is 2. The number of benzene rings is 1. The first-order valence-corrected chi connectivity index (χ1v) is 7.42. The number of anilines is 3. The molecule has 0 unspecified atom stereocenters. The molecule has 23 heavy (non-hydrogen) atoms. The lowest BCUT2D eigenvalue weighted by atomic mass is 10.3. The van der Waals surface area contributed by atoms with Gasteiger partial charge in [-0.3, -0.25) is 0 Å². The molecule has 0 saturated heterocycles. The summed E-state index contributed by atoms with van der Waals surface area (Å²) < 4.78 is 10.7. The van der Waals surface area contributed by atoms with E-state index in [4.69, 9.17) is 9.15 Å². The summed E-state index contributed by atoms with van der Waals surface area (Å²) in [6.07, 6.45) is 3.35. The Bertz CT molecular complexity index is 727. The van der Waals surface area contributed by atoms with Gasteiger partial charge in [-0.25, -0.2) is 4.98 Å². The van der Waals surface area contributed by atoms with Crippen LogP contribution in [0.5, 0.6) is 5.75 Å². The minimum atomic E-state index is 0.526. The van der Waals surface area contributed by atoms with Crippen LogP contribution in [0.25, 0.3) is 0 Å². The predicted molar refractivity (Wildman–Crippen MR) is 89.0 cm³/mol. The van der Waals surface area contributed by atoms with E-state index in [1.165, 1.54) is 0 Å². The summed E-state index contributed by atoms with van der Waals surface area (Å²) in [4.78, 5) is 8.64. The van der Waals surface area contributed by atoms with Gasteiger partial charge >= 0.3 is 0 Å². The van der Waals surface area contributed by atoms with Crippen molar-refractivity contribution in [2.75, 3.05) is 17.2 Å². The maximum Gasteiger partial charge on any atom is 0.229 e. The fourth-order valence-electron chi connectivity index (χ4n) is 2.04. The zero-order valence-electron chi connectivity index (χ0n) is 12.8. The highest BCUT2D eigenvalue weighted by Crippen LogP contribution is 2.18. The van der Waals surface area contributed by atoms with Gasteiger partial charge < -0.3 is 19.8 Å². The lowest BCUT2D eigenvalue weighted by molar-refractivity contribution is 0.340. The van der Waals surface area contributed by atoms with Crippen molar-refractivity contribution in [3.05, 3.63) is 60.7 Å². The fraction of sp³-hybridized carbons (Fsp3) is 0.176. The maximum absolute atomic E-state index is 5.42. The van der Waals surface area contributed by atoms with Crippen LogP contribution in [0.2, 0.25) is 0 Å². The summed E-state index contributed by atoms with van der Waals surface area (Å²) in [5.74, 6) is 2.95. The Kier molecular flexibility index (Phi) is 4.73. The van der Waals surface area contributed by atoms with Crippen LogP contribution < -0.4 is 15.4 Å². The Morgan fingerprint density at radius 1 is 1.13 bits per heavy atom. The van der Waals surface area contributed by atoms with Crippen molar-refractivity contribution in [2.24, 2.45) is 0 Å². The van der Waals surface area contributed by atoms with Crippen LogP contribution in [0.4, 0.5) is 17.5 Å². The second-order valence-corrected chi connectivity index (χ2v) is 4.78. The molecule has 0 saturated carbocycles. The van der Waals surface area contributed by atoms with Gasteiger partial charge in [-0.15, -0.1) is 0 Å². The van der Waals surface area contributed by atoms with E-state index in [1.807, 2.05) is 49.4 Å². The first-order chi connectivity index (χ1) is 11.3. The molecule has 6 nitrogen and oxygen atoms in total. The quantitative estimate of drug-likeness (QED) is 0.691. The number of rotatable bonds is 7. The van der Waals surface area contributed by atoms with Gasteiger partial charge in [-0.1, -0.05) is 0 Å². The van der Waals surface area contributed by atoms with E-state index < -0.39 is 0 Å². The summed E-state index contributed by atoms with van der Waals surface area (Å²) in [5.41, 5.74) is 0.900. The van der Waals surface area contributed by atoms with Crippen LogP contribution >= 0.6 is 0 Å². The third-order valence-electron chi connectivity index (χ3n) is 3.10. The van der Waals surface area contributed by atoms with Crippen molar-refractivity contribution in [2.45, 2.75) is 13.5 Å². The highest BCUT2D eigenvalue weighted by molar-refractivity contribution is 5.55. The molecular formula is C17H18N4O2. The number of hydrogen-bond acceptors (Lipinski definition) is 6. The van der Waals surface area contributed by atoms with Gasteiger partial charge in [0.1, 0.15) is 17.3 Å². The average molecular weight is 310 g/mol. The number of furan rings is 1. The van der Waals surface area contributed by atoms with Gasteiger partial charge in [0.2, 0.25) is 5.95 Å². The van der Waals surface area contributed by atoms with Gasteiger partial charge in [0.05, 0.1) is 19.4 Å². The van der Waals surface area contributed by atoms with Crippen molar-refractivity contribution in [3.63, 3.8) is 0 Å². The number of nitrogens with zero attached hydrogens (tertiary/aromatic N) is 2. The highest BCUT2D eigenvalue weighted by atomic mass is 16.5. The molecule has 0 atom stereocenters. The monoisotopic (exact) mass is 310 g/mol. The minimum absolute atomic E-state index is 0.526. The van der Waals surface area contributed by atoms with Crippen LogP contribution in [0.1, 0.15) is 12.7 Å². The number of aromatic nitrogens is 2. The van der Waals surface area contributed by atoms with Gasteiger partial charge in [0.15, 0.2) is 0 Å². The van der Waals surface area contributed by atoms with Gasteiger partial charge in [0, 0.05) is 11.9 Å². The van der Waals surface area contributed by atoms with Crippen LogP contribution in [0.3, 0.4) is 0 Å². The molecule has 2 N–H and O–H groups in total. The molecule has 0 amide bonds. The predicted octanol–water partition coefficient (Wildman–Crippen LogP) is 3.82. The Morgan fingerprint density at radius 2 is 2.00 bits per heavy atom. The fourth-order valence-corrected chi connectivity index (χ4v) is 2.04. The zero-order valence-corrected chi connectivity index (χ0v) is 12.8. The van der Waals surface area contributed by atoms with E-state index in [-0.39, 0.29) is 0 Å². The lowest BCUT2D eigenvalue weighted by Crippen LogP contribution is -2.03. The first kappa shape index (κ1) is 14.9. The Hall–Kier alpha value is -3.02. The Labute approximate surface area is 134 Å². The van der Waals surface area contributed by atoms with E-state index >= 15 is 0 Å². The summed E-state index contributed by atoms with van der Waals surface area (Å²) in [6.45, 7) is 3.19. The molecule has 0 radical (unpaired) electrons. The summed E-state index contributed by atoms with van der Waals surface area (Å²) in [6, 6.07) is 13.2. The molecule has 0 aliphatic rings. The van der Waals surface area contributed by atoms with Crippen molar-refractivity contribution in [1.82, 2.24) is 9.97 Å². The lowest BCUT2D eigenvalue weighted by Gasteiger charge is -2.08. The van der Waals surface area contributed by atoms with E-state index in [1.54, 1.807) is 12.5 Å². The van der Waals surface area contributed by atoms with Crippen LogP contribution in [-0.4, -0.2) is 16.6 Å². The van der Waals surface area contributed by atoms with Gasteiger partial charge in [-0.05, 0) is 49.4 Å². The normalized spacial score (nSPS) is 10.3. The zero-order chi connectivity index (χ0) is 15.9. The molecule has 0 bridgehead atoms. The third kappa shape index (κ3) is 4.23. The molecule has 3 aromatic rings. The van der Waals surface area contributed by atoms with Gasteiger partial charge in [-0.2, -0.15) is 4.98 Å².